The van der Waals surface area contributed by atoms with Crippen LogP contribution in [0.25, 0.3) is 10.6 Å². The Kier molecular flexibility index (Phi) is 6.13. The molecule has 1 aromatic heterocycles. The molecule has 0 aliphatic carbocycles. The molecule has 0 atom stereocenters. The van der Waals surface area contributed by atoms with E-state index in [1.54, 1.807) is 11.3 Å². The molecule has 0 saturated carbocycles. The maximum absolute atomic E-state index is 13.0. The molecule has 0 aliphatic rings. The third kappa shape index (κ3) is 4.79. The summed E-state index contributed by atoms with van der Waals surface area (Å²) in [4.78, 5) is 17.7. The molecule has 3 nitrogen and oxygen atoms in total. The first kappa shape index (κ1) is 19.1. The molecule has 0 radical (unpaired) electrons. The standard InChI is InChI=1S/C25H22N2OS/c28-24(23(19-10-4-1-5-11-19)20-12-6-2-7-13-20)26-17-16-22-18-29-25(27-22)21-14-8-3-9-15-21/h1-15,18,23H,16-17H2,(H,26,28). The molecule has 0 fully saturated rings. The van der Waals surface area contributed by atoms with Crippen molar-refractivity contribution in [3.8, 4) is 10.6 Å². The summed E-state index contributed by atoms with van der Waals surface area (Å²) in [6, 6.07) is 30.0. The number of rotatable bonds is 7. The molecule has 4 aromatic rings. The average molecular weight is 399 g/mol. The Morgan fingerprint density at radius 2 is 1.38 bits per heavy atom. The van der Waals surface area contributed by atoms with E-state index in [1.807, 2.05) is 78.9 Å². The first-order valence-electron chi connectivity index (χ1n) is 9.69. The van der Waals surface area contributed by atoms with Crippen LogP contribution in [0.4, 0.5) is 0 Å². The van der Waals surface area contributed by atoms with E-state index >= 15 is 0 Å². The Balaban J connectivity index is 1.42. The van der Waals surface area contributed by atoms with Gasteiger partial charge >= 0.3 is 0 Å². The largest absolute Gasteiger partial charge is 0.355 e. The summed E-state index contributed by atoms with van der Waals surface area (Å²) >= 11 is 1.64. The fraction of sp³-hybridized carbons (Fsp3) is 0.120. The lowest BCUT2D eigenvalue weighted by molar-refractivity contribution is -0.121. The van der Waals surface area contributed by atoms with Gasteiger partial charge in [-0.15, -0.1) is 11.3 Å². The van der Waals surface area contributed by atoms with Crippen LogP contribution in [0.15, 0.2) is 96.4 Å². The lowest BCUT2D eigenvalue weighted by Gasteiger charge is -2.17. The Morgan fingerprint density at radius 3 is 1.97 bits per heavy atom. The predicted molar refractivity (Wildman–Crippen MR) is 119 cm³/mol. The van der Waals surface area contributed by atoms with Gasteiger partial charge in [0.25, 0.3) is 0 Å². The Morgan fingerprint density at radius 1 is 0.828 bits per heavy atom. The van der Waals surface area contributed by atoms with Gasteiger partial charge in [-0.05, 0) is 11.1 Å². The fourth-order valence-corrected chi connectivity index (χ4v) is 4.20. The van der Waals surface area contributed by atoms with Crippen LogP contribution in [0.2, 0.25) is 0 Å². The van der Waals surface area contributed by atoms with Gasteiger partial charge in [0.1, 0.15) is 5.01 Å². The summed E-state index contributed by atoms with van der Waals surface area (Å²) < 4.78 is 0. The van der Waals surface area contributed by atoms with E-state index in [0.29, 0.717) is 13.0 Å². The van der Waals surface area contributed by atoms with Crippen molar-refractivity contribution in [2.45, 2.75) is 12.3 Å². The van der Waals surface area contributed by atoms with E-state index in [4.69, 9.17) is 4.98 Å². The molecule has 29 heavy (non-hydrogen) atoms. The normalized spacial score (nSPS) is 10.8. The first-order chi connectivity index (χ1) is 14.3. The van der Waals surface area contributed by atoms with E-state index in [2.05, 4.69) is 22.8 Å². The third-order valence-corrected chi connectivity index (χ3v) is 5.72. The summed E-state index contributed by atoms with van der Waals surface area (Å²) in [6.07, 6.45) is 0.714. The van der Waals surface area contributed by atoms with E-state index in [1.165, 1.54) is 0 Å². The number of carbonyl (C=O) groups is 1. The number of thiazole rings is 1. The molecule has 1 amide bonds. The summed E-state index contributed by atoms with van der Waals surface area (Å²) in [5.74, 6) is -0.298. The number of hydrogen-bond donors (Lipinski definition) is 1. The minimum Gasteiger partial charge on any atom is -0.355 e. The second-order valence-corrected chi connectivity index (χ2v) is 7.66. The number of benzene rings is 3. The van der Waals surface area contributed by atoms with Crippen molar-refractivity contribution in [1.82, 2.24) is 10.3 Å². The van der Waals surface area contributed by atoms with Crippen molar-refractivity contribution in [2.75, 3.05) is 6.54 Å². The van der Waals surface area contributed by atoms with Crippen molar-refractivity contribution in [3.63, 3.8) is 0 Å². The molecule has 4 rings (SSSR count). The van der Waals surface area contributed by atoms with E-state index in [9.17, 15) is 4.79 Å². The zero-order chi connectivity index (χ0) is 19.9. The highest BCUT2D eigenvalue weighted by Gasteiger charge is 2.22. The number of nitrogens with one attached hydrogen (secondary N) is 1. The summed E-state index contributed by atoms with van der Waals surface area (Å²) in [5, 5.41) is 6.19. The minimum atomic E-state index is -0.312. The zero-order valence-corrected chi connectivity index (χ0v) is 16.8. The minimum absolute atomic E-state index is 0.0147. The third-order valence-electron chi connectivity index (χ3n) is 4.78. The van der Waals surface area contributed by atoms with Gasteiger partial charge in [-0.2, -0.15) is 0 Å². The van der Waals surface area contributed by atoms with Crippen molar-refractivity contribution in [3.05, 3.63) is 113 Å². The van der Waals surface area contributed by atoms with E-state index in [-0.39, 0.29) is 11.8 Å². The second-order valence-electron chi connectivity index (χ2n) is 6.81. The SMILES string of the molecule is O=C(NCCc1csc(-c2ccccc2)n1)C(c1ccccc1)c1ccccc1. The van der Waals surface area contributed by atoms with Gasteiger partial charge in [0.2, 0.25) is 5.91 Å². The smallest absolute Gasteiger partial charge is 0.232 e. The lowest BCUT2D eigenvalue weighted by Crippen LogP contribution is -2.31. The van der Waals surface area contributed by atoms with Crippen LogP contribution >= 0.6 is 11.3 Å². The molecule has 0 aliphatic heterocycles. The molecule has 1 N–H and O–H groups in total. The maximum Gasteiger partial charge on any atom is 0.232 e. The fourth-order valence-electron chi connectivity index (χ4n) is 3.34. The molecule has 0 unspecified atom stereocenters. The first-order valence-corrected chi connectivity index (χ1v) is 10.6. The molecular formula is C25H22N2OS. The highest BCUT2D eigenvalue weighted by atomic mass is 32.1. The number of amides is 1. The number of carbonyl (C=O) groups excluding carboxylic acids is 1. The monoisotopic (exact) mass is 398 g/mol. The van der Waals surface area contributed by atoms with Crippen LogP contribution in [-0.4, -0.2) is 17.4 Å². The van der Waals surface area contributed by atoms with Crippen LogP contribution in [0.1, 0.15) is 22.7 Å². The molecule has 0 saturated heterocycles. The molecule has 1 heterocycles. The van der Waals surface area contributed by atoms with E-state index < -0.39 is 0 Å². The Hall–Kier alpha value is -3.24. The second kappa shape index (κ2) is 9.30. The highest BCUT2D eigenvalue weighted by Crippen LogP contribution is 2.25. The Labute approximate surface area is 175 Å². The Bertz CT molecular complexity index is 1010. The predicted octanol–water partition coefficient (Wildman–Crippen LogP) is 5.30. The molecule has 3 aromatic carbocycles. The van der Waals surface area contributed by atoms with E-state index in [0.717, 1.165) is 27.4 Å². The maximum atomic E-state index is 13.0. The summed E-state index contributed by atoms with van der Waals surface area (Å²) in [6.45, 7) is 0.562. The molecular weight excluding hydrogens is 376 g/mol. The lowest BCUT2D eigenvalue weighted by atomic mass is 9.90. The van der Waals surface area contributed by atoms with Crippen LogP contribution in [0.5, 0.6) is 0 Å². The van der Waals surface area contributed by atoms with Crippen molar-refractivity contribution >= 4 is 17.2 Å². The van der Waals surface area contributed by atoms with Gasteiger partial charge in [0.05, 0.1) is 11.6 Å². The molecule has 4 heteroatoms. The van der Waals surface area contributed by atoms with Crippen LogP contribution in [0, 0.1) is 0 Å². The summed E-state index contributed by atoms with van der Waals surface area (Å²) in [5.41, 5.74) is 4.12. The van der Waals surface area contributed by atoms with Gasteiger partial charge in [0.15, 0.2) is 0 Å². The molecule has 144 valence electrons. The van der Waals surface area contributed by atoms with Crippen molar-refractivity contribution in [1.29, 1.82) is 0 Å². The van der Waals surface area contributed by atoms with Crippen LogP contribution < -0.4 is 5.32 Å². The van der Waals surface area contributed by atoms with Crippen molar-refractivity contribution in [2.24, 2.45) is 0 Å². The number of nitrogens with zero attached hydrogens (tertiary/aromatic N) is 1. The van der Waals surface area contributed by atoms with Gasteiger partial charge in [-0.25, -0.2) is 4.98 Å². The van der Waals surface area contributed by atoms with Crippen LogP contribution in [-0.2, 0) is 11.2 Å². The average Bonchev–Trinajstić information content (AvgIpc) is 3.25. The van der Waals surface area contributed by atoms with Gasteiger partial charge in [0, 0.05) is 23.9 Å². The van der Waals surface area contributed by atoms with Gasteiger partial charge in [-0.3, -0.25) is 4.79 Å². The highest BCUT2D eigenvalue weighted by molar-refractivity contribution is 7.13. The molecule has 0 spiro atoms. The van der Waals surface area contributed by atoms with Gasteiger partial charge in [-0.1, -0.05) is 91.0 Å². The summed E-state index contributed by atoms with van der Waals surface area (Å²) in [7, 11) is 0. The quantitative estimate of drug-likeness (QED) is 0.459. The molecule has 0 bridgehead atoms. The number of aromatic nitrogens is 1. The van der Waals surface area contributed by atoms with Gasteiger partial charge < -0.3 is 5.32 Å². The topological polar surface area (TPSA) is 42.0 Å². The van der Waals surface area contributed by atoms with Crippen molar-refractivity contribution < 1.29 is 4.79 Å². The van der Waals surface area contributed by atoms with Crippen LogP contribution in [0.3, 0.4) is 0 Å². The number of hydrogen-bond acceptors (Lipinski definition) is 3. The zero-order valence-electron chi connectivity index (χ0n) is 16.0.